The highest BCUT2D eigenvalue weighted by atomic mass is 16.5. The van der Waals surface area contributed by atoms with Gasteiger partial charge in [0.2, 0.25) is 0 Å². The Morgan fingerprint density at radius 1 is 1.55 bits per heavy atom. The number of ether oxygens (including phenoxy) is 1. The zero-order valence-corrected chi connectivity index (χ0v) is 7.68. The molecule has 0 bridgehead atoms. The van der Waals surface area contributed by atoms with Gasteiger partial charge in [0.05, 0.1) is 6.61 Å². The summed E-state index contributed by atoms with van der Waals surface area (Å²) >= 11 is 0. The summed E-state index contributed by atoms with van der Waals surface area (Å²) in [6.07, 6.45) is 2.46. The summed E-state index contributed by atoms with van der Waals surface area (Å²) in [7, 11) is 2.18. The lowest BCUT2D eigenvalue weighted by Crippen LogP contribution is -2.16. The Balaban J connectivity index is 1.99. The van der Waals surface area contributed by atoms with Gasteiger partial charge in [-0.05, 0) is 32.4 Å². The Kier molecular flexibility index (Phi) is 3.87. The van der Waals surface area contributed by atoms with E-state index in [1.165, 1.54) is 19.5 Å². The van der Waals surface area contributed by atoms with Gasteiger partial charge in [0.1, 0.15) is 0 Å². The summed E-state index contributed by atoms with van der Waals surface area (Å²) in [5, 5.41) is 0. The fraction of sp³-hybridized carbons (Fsp3) is 1.00. The molecular weight excluding hydrogens is 138 g/mol. The Labute approximate surface area is 69.5 Å². The molecule has 11 heavy (non-hydrogen) atoms. The van der Waals surface area contributed by atoms with Crippen LogP contribution in [0.25, 0.3) is 0 Å². The van der Waals surface area contributed by atoms with Crippen molar-refractivity contribution in [2.24, 2.45) is 5.92 Å². The van der Waals surface area contributed by atoms with E-state index >= 15 is 0 Å². The highest BCUT2D eigenvalue weighted by molar-refractivity contribution is 4.71. The van der Waals surface area contributed by atoms with Crippen molar-refractivity contribution in [3.63, 3.8) is 0 Å². The quantitative estimate of drug-likeness (QED) is 0.571. The van der Waals surface area contributed by atoms with Crippen LogP contribution in [0.15, 0.2) is 0 Å². The molecule has 1 atom stereocenters. The minimum Gasteiger partial charge on any atom is -0.381 e. The van der Waals surface area contributed by atoms with E-state index in [2.05, 4.69) is 18.9 Å². The van der Waals surface area contributed by atoms with Gasteiger partial charge < -0.3 is 9.64 Å². The summed E-state index contributed by atoms with van der Waals surface area (Å²) in [6.45, 7) is 6.53. The molecule has 0 aliphatic carbocycles. The Morgan fingerprint density at radius 2 is 2.36 bits per heavy atom. The second-order valence-corrected chi connectivity index (χ2v) is 3.49. The average molecular weight is 157 g/mol. The lowest BCUT2D eigenvalue weighted by atomic mass is 10.1. The van der Waals surface area contributed by atoms with Crippen LogP contribution in [0, 0.1) is 5.92 Å². The highest BCUT2D eigenvalue weighted by Crippen LogP contribution is 2.14. The van der Waals surface area contributed by atoms with E-state index in [0.29, 0.717) is 0 Å². The van der Waals surface area contributed by atoms with Gasteiger partial charge in [0.25, 0.3) is 0 Å². The Morgan fingerprint density at radius 3 is 2.91 bits per heavy atom. The Hall–Kier alpha value is -0.0800. The van der Waals surface area contributed by atoms with Gasteiger partial charge in [-0.1, -0.05) is 6.92 Å². The number of rotatable bonds is 4. The molecule has 1 aliphatic heterocycles. The van der Waals surface area contributed by atoms with Crippen LogP contribution in [0.3, 0.4) is 0 Å². The van der Waals surface area contributed by atoms with Crippen molar-refractivity contribution in [1.29, 1.82) is 0 Å². The molecule has 1 fully saturated rings. The minimum absolute atomic E-state index is 0.798. The van der Waals surface area contributed by atoms with Crippen LogP contribution in [0.2, 0.25) is 0 Å². The molecule has 1 aliphatic rings. The van der Waals surface area contributed by atoms with E-state index in [-0.39, 0.29) is 0 Å². The predicted octanol–water partition coefficient (Wildman–Crippen LogP) is 1.36. The normalized spacial score (nSPS) is 26.2. The largest absolute Gasteiger partial charge is 0.381 e. The van der Waals surface area contributed by atoms with Crippen LogP contribution < -0.4 is 0 Å². The molecule has 2 heteroatoms. The van der Waals surface area contributed by atoms with Gasteiger partial charge in [-0.2, -0.15) is 0 Å². The highest BCUT2D eigenvalue weighted by Gasteiger charge is 2.18. The van der Waals surface area contributed by atoms with Gasteiger partial charge in [0.15, 0.2) is 0 Å². The third-order valence-electron chi connectivity index (χ3n) is 2.19. The maximum absolute atomic E-state index is 5.49. The fourth-order valence-electron chi connectivity index (χ4n) is 1.56. The number of hydrogen-bond acceptors (Lipinski definition) is 2. The minimum atomic E-state index is 0.798. The predicted molar refractivity (Wildman–Crippen MR) is 46.7 cm³/mol. The van der Waals surface area contributed by atoms with Crippen LogP contribution in [0.4, 0.5) is 0 Å². The molecule has 1 saturated heterocycles. The van der Waals surface area contributed by atoms with Gasteiger partial charge in [-0.3, -0.25) is 0 Å². The molecule has 0 aromatic heterocycles. The van der Waals surface area contributed by atoms with Crippen molar-refractivity contribution in [2.45, 2.75) is 19.8 Å². The van der Waals surface area contributed by atoms with E-state index in [0.717, 1.165) is 25.6 Å². The van der Waals surface area contributed by atoms with Crippen molar-refractivity contribution in [2.75, 3.05) is 33.4 Å². The second-order valence-electron chi connectivity index (χ2n) is 3.49. The van der Waals surface area contributed by atoms with E-state index in [9.17, 15) is 0 Å². The monoisotopic (exact) mass is 157 g/mol. The molecule has 0 unspecified atom stereocenters. The van der Waals surface area contributed by atoms with E-state index in [1.807, 2.05) is 0 Å². The zero-order valence-electron chi connectivity index (χ0n) is 7.68. The van der Waals surface area contributed by atoms with E-state index in [4.69, 9.17) is 4.74 Å². The third kappa shape index (κ3) is 3.21. The SMILES string of the molecule is CCCOC[C@@H]1CCN(C)C1. The van der Waals surface area contributed by atoms with Crippen LogP contribution in [0.5, 0.6) is 0 Å². The number of hydrogen-bond donors (Lipinski definition) is 0. The van der Waals surface area contributed by atoms with Crippen LogP contribution >= 0.6 is 0 Å². The first kappa shape index (κ1) is 9.01. The topological polar surface area (TPSA) is 12.5 Å². The van der Waals surface area contributed by atoms with Gasteiger partial charge in [-0.25, -0.2) is 0 Å². The molecule has 1 heterocycles. The zero-order chi connectivity index (χ0) is 8.10. The average Bonchev–Trinajstić information content (AvgIpc) is 2.37. The molecule has 0 saturated carbocycles. The van der Waals surface area contributed by atoms with Crippen molar-refractivity contribution in [3.8, 4) is 0 Å². The summed E-state index contributed by atoms with van der Waals surface area (Å²) in [5.41, 5.74) is 0. The van der Waals surface area contributed by atoms with Gasteiger partial charge in [0, 0.05) is 13.2 Å². The lowest BCUT2D eigenvalue weighted by molar-refractivity contribution is 0.103. The first-order chi connectivity index (χ1) is 5.33. The summed E-state index contributed by atoms with van der Waals surface area (Å²) in [6, 6.07) is 0. The van der Waals surface area contributed by atoms with Gasteiger partial charge >= 0.3 is 0 Å². The molecule has 0 aromatic rings. The molecule has 0 amide bonds. The first-order valence-corrected chi connectivity index (χ1v) is 4.59. The summed E-state index contributed by atoms with van der Waals surface area (Å²) in [5.74, 6) is 0.798. The van der Waals surface area contributed by atoms with Crippen molar-refractivity contribution < 1.29 is 4.74 Å². The molecule has 1 rings (SSSR count). The molecule has 66 valence electrons. The van der Waals surface area contributed by atoms with Crippen LogP contribution in [-0.4, -0.2) is 38.3 Å². The smallest absolute Gasteiger partial charge is 0.0506 e. The first-order valence-electron chi connectivity index (χ1n) is 4.59. The lowest BCUT2D eigenvalue weighted by Gasteiger charge is -2.09. The number of likely N-dealkylation sites (tertiary alicyclic amines) is 1. The molecule has 0 N–H and O–H groups in total. The van der Waals surface area contributed by atoms with E-state index in [1.54, 1.807) is 0 Å². The van der Waals surface area contributed by atoms with Gasteiger partial charge in [-0.15, -0.1) is 0 Å². The summed E-state index contributed by atoms with van der Waals surface area (Å²) in [4.78, 5) is 2.37. The summed E-state index contributed by atoms with van der Waals surface area (Å²) < 4.78 is 5.49. The maximum atomic E-state index is 5.49. The second kappa shape index (κ2) is 4.73. The van der Waals surface area contributed by atoms with Crippen molar-refractivity contribution in [3.05, 3.63) is 0 Å². The standard InChI is InChI=1S/C9H19NO/c1-3-6-11-8-9-4-5-10(2)7-9/h9H,3-8H2,1-2H3/t9-/m1/s1. The molecule has 2 nitrogen and oxygen atoms in total. The molecule has 0 spiro atoms. The van der Waals surface area contributed by atoms with E-state index < -0.39 is 0 Å². The van der Waals surface area contributed by atoms with Crippen LogP contribution in [-0.2, 0) is 4.74 Å². The Bertz CT molecular complexity index is 106. The third-order valence-corrected chi connectivity index (χ3v) is 2.19. The maximum Gasteiger partial charge on any atom is 0.0506 e. The molecular formula is C9H19NO. The fourth-order valence-corrected chi connectivity index (χ4v) is 1.56. The number of nitrogens with zero attached hydrogens (tertiary/aromatic N) is 1. The molecule has 0 radical (unpaired) electrons. The van der Waals surface area contributed by atoms with Crippen molar-refractivity contribution in [1.82, 2.24) is 4.90 Å². The van der Waals surface area contributed by atoms with Crippen LogP contribution in [0.1, 0.15) is 19.8 Å². The van der Waals surface area contributed by atoms with Crippen molar-refractivity contribution >= 4 is 0 Å². The molecule has 0 aromatic carbocycles.